The van der Waals surface area contributed by atoms with Crippen LogP contribution in [0.25, 0.3) is 0 Å². The maximum absolute atomic E-state index is 14.9. The van der Waals surface area contributed by atoms with Gasteiger partial charge < -0.3 is 14.5 Å². The van der Waals surface area contributed by atoms with Crippen molar-refractivity contribution in [2.75, 3.05) is 31.1 Å². The zero-order valence-electron chi connectivity index (χ0n) is 23.7. The highest BCUT2D eigenvalue weighted by molar-refractivity contribution is 5.79. The number of rotatable bonds is 9. The number of carbonyl (C=O) groups is 1. The molecule has 2 aliphatic carbocycles. The summed E-state index contributed by atoms with van der Waals surface area (Å²) in [5.41, 5.74) is 1.49. The molecule has 2 saturated carbocycles. The average molecular weight is 560 g/mol. The molecular weight excluding hydrogens is 521 g/mol. The maximum Gasteiger partial charge on any atom is 0.227 e. The SMILES string of the molecule is Cc1cnc(N2CCC([C@H]3C[C@H]3CCOc3ccc(CC(=O)N4CCn5nc(C6CC6)nc5C4)c(F)c3)CC2)nc1. The van der Waals surface area contributed by atoms with Gasteiger partial charge in [-0.25, -0.2) is 24.0 Å². The van der Waals surface area contributed by atoms with Crippen molar-refractivity contribution in [3.63, 3.8) is 0 Å². The van der Waals surface area contributed by atoms with E-state index in [0.29, 0.717) is 49.4 Å². The Hall–Kier alpha value is -3.56. The van der Waals surface area contributed by atoms with Crippen LogP contribution < -0.4 is 9.64 Å². The first-order valence-electron chi connectivity index (χ1n) is 15.2. The number of carbonyl (C=O) groups excluding carboxylic acids is 1. The third-order valence-electron chi connectivity index (χ3n) is 9.27. The van der Waals surface area contributed by atoms with Crippen molar-refractivity contribution in [3.8, 4) is 5.75 Å². The lowest BCUT2D eigenvalue weighted by Gasteiger charge is -2.32. The normalized spacial score (nSPS) is 22.5. The van der Waals surface area contributed by atoms with E-state index in [1.165, 1.54) is 25.3 Å². The van der Waals surface area contributed by atoms with Crippen molar-refractivity contribution in [2.45, 2.75) is 70.9 Å². The quantitative estimate of drug-likeness (QED) is 0.386. The number of aromatic nitrogens is 5. The van der Waals surface area contributed by atoms with Gasteiger partial charge in [0.2, 0.25) is 11.9 Å². The highest BCUT2D eigenvalue weighted by atomic mass is 19.1. The molecule has 216 valence electrons. The molecule has 1 saturated heterocycles. The summed E-state index contributed by atoms with van der Waals surface area (Å²) in [7, 11) is 0. The van der Waals surface area contributed by atoms with Gasteiger partial charge >= 0.3 is 0 Å². The van der Waals surface area contributed by atoms with Gasteiger partial charge in [-0.1, -0.05) is 6.07 Å². The number of ether oxygens (including phenoxy) is 1. The predicted molar refractivity (Wildman–Crippen MR) is 151 cm³/mol. The first-order chi connectivity index (χ1) is 20.0. The Morgan fingerprint density at radius 2 is 1.88 bits per heavy atom. The summed E-state index contributed by atoms with van der Waals surface area (Å²) in [6.45, 7) is 6.28. The van der Waals surface area contributed by atoms with E-state index in [0.717, 1.165) is 67.3 Å². The van der Waals surface area contributed by atoms with Crippen LogP contribution in [0.1, 0.15) is 67.2 Å². The molecule has 9 nitrogen and oxygen atoms in total. The summed E-state index contributed by atoms with van der Waals surface area (Å²) in [5, 5.41) is 4.58. The maximum atomic E-state index is 14.9. The first kappa shape index (κ1) is 26.3. The lowest BCUT2D eigenvalue weighted by Crippen LogP contribution is -2.39. The van der Waals surface area contributed by atoms with E-state index in [-0.39, 0.29) is 18.1 Å². The molecule has 4 heterocycles. The number of amides is 1. The molecule has 3 fully saturated rings. The topological polar surface area (TPSA) is 89.3 Å². The van der Waals surface area contributed by atoms with E-state index in [1.807, 2.05) is 24.0 Å². The summed E-state index contributed by atoms with van der Waals surface area (Å²) in [6, 6.07) is 4.89. The van der Waals surface area contributed by atoms with Crippen LogP contribution >= 0.6 is 0 Å². The molecular formula is C31H38FN7O2. The van der Waals surface area contributed by atoms with Crippen LogP contribution in [-0.4, -0.2) is 61.8 Å². The number of piperidine rings is 1. The molecule has 0 bridgehead atoms. The van der Waals surface area contributed by atoms with E-state index in [1.54, 1.807) is 17.0 Å². The summed E-state index contributed by atoms with van der Waals surface area (Å²) < 4.78 is 22.7. The second kappa shape index (κ2) is 11.0. The van der Waals surface area contributed by atoms with E-state index < -0.39 is 0 Å². The highest BCUT2D eigenvalue weighted by Crippen LogP contribution is 2.50. The number of fused-ring (bicyclic) bond motifs is 1. The molecule has 0 radical (unpaired) electrons. The van der Waals surface area contributed by atoms with Gasteiger partial charge in [-0.05, 0) is 80.4 Å². The van der Waals surface area contributed by atoms with Crippen LogP contribution in [0.3, 0.4) is 0 Å². The first-order valence-corrected chi connectivity index (χ1v) is 15.2. The Balaban J connectivity index is 0.840. The van der Waals surface area contributed by atoms with E-state index in [2.05, 4.69) is 25.0 Å². The van der Waals surface area contributed by atoms with E-state index >= 15 is 0 Å². The van der Waals surface area contributed by atoms with Crippen molar-refractivity contribution in [2.24, 2.45) is 17.8 Å². The molecule has 0 spiro atoms. The molecule has 0 unspecified atom stereocenters. The fourth-order valence-electron chi connectivity index (χ4n) is 6.50. The zero-order valence-corrected chi connectivity index (χ0v) is 23.7. The zero-order chi connectivity index (χ0) is 27.9. The third-order valence-corrected chi connectivity index (χ3v) is 9.27. The standard InChI is InChI=1S/C31H38FN7O2/c1-20-17-33-31(34-18-20)37-9-6-21(7-10-37)26-14-23(26)8-13-41-25-5-4-24(27(32)16-25)15-29(40)38-11-12-39-28(19-38)35-30(36-39)22-2-3-22/h4-5,16-18,21-23,26H,2-3,6-15,19H2,1H3/t23-,26-/m1/s1. The monoisotopic (exact) mass is 559 g/mol. The van der Waals surface area contributed by atoms with Gasteiger partial charge in [-0.15, -0.1) is 0 Å². The molecule has 10 heteroatoms. The van der Waals surface area contributed by atoms with Crippen molar-refractivity contribution >= 4 is 11.9 Å². The van der Waals surface area contributed by atoms with E-state index in [9.17, 15) is 9.18 Å². The second-order valence-corrected chi connectivity index (χ2v) is 12.3. The van der Waals surface area contributed by atoms with Crippen molar-refractivity contribution < 1.29 is 13.9 Å². The highest BCUT2D eigenvalue weighted by Gasteiger charge is 2.43. The molecule has 2 aliphatic heterocycles. The molecule has 41 heavy (non-hydrogen) atoms. The van der Waals surface area contributed by atoms with Crippen LogP contribution in [0.2, 0.25) is 0 Å². The number of hydrogen-bond donors (Lipinski definition) is 0. The molecule has 1 aromatic carbocycles. The predicted octanol–water partition coefficient (Wildman–Crippen LogP) is 4.30. The summed E-state index contributed by atoms with van der Waals surface area (Å²) >= 11 is 0. The van der Waals surface area contributed by atoms with E-state index in [4.69, 9.17) is 4.74 Å². The Labute approximate surface area is 240 Å². The number of nitrogens with zero attached hydrogens (tertiary/aromatic N) is 7. The minimum Gasteiger partial charge on any atom is -0.493 e. The fourth-order valence-corrected chi connectivity index (χ4v) is 6.50. The average Bonchev–Trinajstić information content (AvgIpc) is 3.92. The van der Waals surface area contributed by atoms with Crippen molar-refractivity contribution in [1.29, 1.82) is 0 Å². The van der Waals surface area contributed by atoms with Gasteiger partial charge in [0.05, 0.1) is 26.1 Å². The molecule has 0 N–H and O–H groups in total. The Bertz CT molecular complexity index is 1400. The summed E-state index contributed by atoms with van der Waals surface area (Å²) in [6.07, 6.45) is 10.7. The lowest BCUT2D eigenvalue weighted by molar-refractivity contribution is -0.132. The molecule has 4 aliphatic rings. The van der Waals surface area contributed by atoms with Crippen LogP contribution in [0.4, 0.5) is 10.3 Å². The molecule has 2 atom stereocenters. The summed E-state index contributed by atoms with van der Waals surface area (Å²) in [4.78, 5) is 30.6. The number of anilines is 1. The minimum atomic E-state index is -0.388. The molecule has 7 rings (SSSR count). The van der Waals surface area contributed by atoms with Gasteiger partial charge in [0.15, 0.2) is 5.82 Å². The number of aryl methyl sites for hydroxylation is 1. The van der Waals surface area contributed by atoms with Crippen LogP contribution in [0.15, 0.2) is 30.6 Å². The Morgan fingerprint density at radius 3 is 2.63 bits per heavy atom. The fraction of sp³-hybridized carbons (Fsp3) is 0.581. The Morgan fingerprint density at radius 1 is 1.07 bits per heavy atom. The van der Waals surface area contributed by atoms with Crippen LogP contribution in [0, 0.1) is 30.5 Å². The largest absolute Gasteiger partial charge is 0.493 e. The van der Waals surface area contributed by atoms with Crippen LogP contribution in [-0.2, 0) is 24.3 Å². The number of hydrogen-bond acceptors (Lipinski definition) is 7. The third kappa shape index (κ3) is 5.92. The molecule has 3 aromatic rings. The van der Waals surface area contributed by atoms with Crippen molar-refractivity contribution in [3.05, 3.63) is 59.2 Å². The van der Waals surface area contributed by atoms with Gasteiger partial charge in [0.1, 0.15) is 17.4 Å². The van der Waals surface area contributed by atoms with Gasteiger partial charge in [-0.3, -0.25) is 4.79 Å². The number of benzene rings is 1. The molecule has 1 amide bonds. The van der Waals surface area contributed by atoms with Gasteiger partial charge in [0.25, 0.3) is 0 Å². The smallest absolute Gasteiger partial charge is 0.227 e. The van der Waals surface area contributed by atoms with Gasteiger partial charge in [-0.2, -0.15) is 5.10 Å². The lowest BCUT2D eigenvalue weighted by atomic mass is 9.90. The van der Waals surface area contributed by atoms with Crippen molar-refractivity contribution in [1.82, 2.24) is 29.6 Å². The molecule has 2 aromatic heterocycles. The second-order valence-electron chi connectivity index (χ2n) is 12.3. The Kier molecular flexibility index (Phi) is 7.08. The number of halogens is 1. The summed E-state index contributed by atoms with van der Waals surface area (Å²) in [5.74, 6) is 5.34. The van der Waals surface area contributed by atoms with Gasteiger partial charge in [0, 0.05) is 44.0 Å². The van der Waals surface area contributed by atoms with Crippen LogP contribution in [0.5, 0.6) is 5.75 Å². The minimum absolute atomic E-state index is 0.0361.